The van der Waals surface area contributed by atoms with Crippen molar-refractivity contribution in [1.29, 1.82) is 0 Å². The third kappa shape index (κ3) is 10.4. The van der Waals surface area contributed by atoms with Gasteiger partial charge in [-0.2, -0.15) is 13.8 Å². The van der Waals surface area contributed by atoms with Gasteiger partial charge in [0, 0.05) is 11.8 Å². The van der Waals surface area contributed by atoms with Gasteiger partial charge in [0.2, 0.25) is 6.10 Å². The molecule has 234 valence electrons. The number of carbonyl (C=O) groups is 4. The Morgan fingerprint density at radius 1 is 1.10 bits per heavy atom. The van der Waals surface area contributed by atoms with Crippen LogP contribution in [0.15, 0.2) is 29.2 Å². The van der Waals surface area contributed by atoms with Crippen molar-refractivity contribution in [3.05, 3.63) is 34.9 Å². The first kappa shape index (κ1) is 34.1. The molecule has 1 N–H and O–H groups in total. The number of halogens is 2. The van der Waals surface area contributed by atoms with Gasteiger partial charge in [0.25, 0.3) is 0 Å². The Labute approximate surface area is 240 Å². The predicted octanol–water partition coefficient (Wildman–Crippen LogP) is 2.98. The lowest BCUT2D eigenvalue weighted by Gasteiger charge is -2.26. The van der Waals surface area contributed by atoms with Gasteiger partial charge in [-0.15, -0.1) is 0 Å². The van der Waals surface area contributed by atoms with E-state index in [9.17, 15) is 24.0 Å². The summed E-state index contributed by atoms with van der Waals surface area (Å²) in [5.41, 5.74) is -2.88. The predicted molar refractivity (Wildman–Crippen MR) is 140 cm³/mol. The van der Waals surface area contributed by atoms with Gasteiger partial charge in [-0.25, -0.2) is 24.0 Å². The number of aromatic nitrogens is 2. The molecule has 2 rings (SSSR count). The third-order valence-corrected chi connectivity index (χ3v) is 5.04. The van der Waals surface area contributed by atoms with Gasteiger partial charge >= 0.3 is 35.8 Å². The zero-order chi connectivity index (χ0) is 32.0. The Kier molecular flexibility index (Phi) is 10.8. The second-order valence-electron chi connectivity index (χ2n) is 11.3. The van der Waals surface area contributed by atoms with E-state index in [0.717, 1.165) is 10.8 Å². The molecular weight excluding hydrogens is 568 g/mol. The molecule has 0 spiro atoms. The quantitative estimate of drug-likeness (QED) is 0.249. The highest BCUT2D eigenvalue weighted by Gasteiger charge is 2.62. The third-order valence-electron chi connectivity index (χ3n) is 5.04. The van der Waals surface area contributed by atoms with E-state index in [4.69, 9.17) is 23.7 Å². The first-order valence-electron chi connectivity index (χ1n) is 12.7. The molecule has 1 fully saturated rings. The molecule has 1 amide bonds. The van der Waals surface area contributed by atoms with Crippen LogP contribution in [0.2, 0.25) is 0 Å². The number of hydrogen-bond acceptors (Lipinski definition) is 12. The Hall–Kier alpha value is -4.08. The van der Waals surface area contributed by atoms with E-state index < -0.39 is 85.1 Å². The van der Waals surface area contributed by atoms with E-state index in [1.807, 2.05) is 0 Å². The Bertz CT molecular complexity index is 1250. The van der Waals surface area contributed by atoms with Crippen molar-refractivity contribution in [3.63, 3.8) is 0 Å². The number of rotatable bonds is 9. The van der Waals surface area contributed by atoms with Crippen LogP contribution in [-0.2, 0) is 44.6 Å². The number of hydrogen-bond donors (Lipinski definition) is 1. The molecule has 42 heavy (non-hydrogen) atoms. The monoisotopic (exact) mass is 603 g/mol. The molecule has 16 heteroatoms. The summed E-state index contributed by atoms with van der Waals surface area (Å²) in [4.78, 5) is 63.8. The molecule has 0 unspecified atom stereocenters. The second-order valence-corrected chi connectivity index (χ2v) is 11.3. The van der Waals surface area contributed by atoms with E-state index in [1.54, 1.807) is 20.8 Å². The number of esters is 2. The van der Waals surface area contributed by atoms with Crippen molar-refractivity contribution >= 4 is 30.0 Å². The van der Waals surface area contributed by atoms with Crippen molar-refractivity contribution in [2.75, 3.05) is 18.5 Å². The standard InChI is InChI=1S/C26H35F2N3O11/c1-14(2)20(33)38-13-18(32)37-12-15-19(40-23(36)42-25(6,7)8)26(27,28)16(39-15)11-31-10-9-17(29-21(31)34)30-22(35)41-24(3,4)5/h9-10,15-16,19H,1,11-13H2,2-8H3,(H,29,30,34,35)/t15-,16+,19-/m1/s1. The number of amides is 1. The molecule has 0 radical (unpaired) electrons. The van der Waals surface area contributed by atoms with Gasteiger partial charge < -0.3 is 28.4 Å². The van der Waals surface area contributed by atoms with Crippen LogP contribution >= 0.6 is 0 Å². The summed E-state index contributed by atoms with van der Waals surface area (Å²) in [5, 5.41) is 2.26. The molecule has 1 aromatic rings. The largest absolute Gasteiger partial charge is 0.509 e. The van der Waals surface area contributed by atoms with E-state index in [-0.39, 0.29) is 11.4 Å². The fourth-order valence-electron chi connectivity index (χ4n) is 3.32. The molecule has 3 atom stereocenters. The normalized spacial score (nSPS) is 19.8. The van der Waals surface area contributed by atoms with Gasteiger partial charge in [0.15, 0.2) is 6.61 Å². The van der Waals surface area contributed by atoms with Crippen LogP contribution in [0.3, 0.4) is 0 Å². The van der Waals surface area contributed by atoms with Crippen LogP contribution in [0.25, 0.3) is 0 Å². The maximum Gasteiger partial charge on any atom is 0.509 e. The van der Waals surface area contributed by atoms with Crippen molar-refractivity contribution in [3.8, 4) is 0 Å². The molecule has 14 nitrogen and oxygen atoms in total. The number of nitrogens with one attached hydrogen (secondary N) is 1. The molecular formula is C26H35F2N3O11. The van der Waals surface area contributed by atoms with Gasteiger partial charge in [0.1, 0.15) is 35.8 Å². The summed E-state index contributed by atoms with van der Waals surface area (Å²) in [6.45, 7) is 11.7. The lowest BCUT2D eigenvalue weighted by molar-refractivity contribution is -0.161. The van der Waals surface area contributed by atoms with Crippen LogP contribution in [0.1, 0.15) is 48.5 Å². The number of ether oxygens (including phenoxy) is 6. The summed E-state index contributed by atoms with van der Waals surface area (Å²) in [7, 11) is 0. The van der Waals surface area contributed by atoms with E-state index >= 15 is 8.78 Å². The summed E-state index contributed by atoms with van der Waals surface area (Å²) < 4.78 is 61.7. The Morgan fingerprint density at radius 2 is 1.71 bits per heavy atom. The molecule has 1 saturated heterocycles. The molecule has 0 bridgehead atoms. The fourth-order valence-corrected chi connectivity index (χ4v) is 3.32. The zero-order valence-electron chi connectivity index (χ0n) is 24.4. The van der Waals surface area contributed by atoms with Crippen molar-refractivity contribution in [2.24, 2.45) is 0 Å². The summed E-state index contributed by atoms with van der Waals surface area (Å²) in [6.07, 6.45) is -7.27. The topological polar surface area (TPSA) is 171 Å². The Morgan fingerprint density at radius 3 is 2.26 bits per heavy atom. The SMILES string of the molecule is C=C(C)C(=O)OCC(=O)OC[C@H]1O[C@@H](Cn2ccc(NC(=O)OC(C)(C)C)nc2=O)C(F)(F)[C@@H]1OC(=O)OC(C)(C)C. The molecule has 0 aliphatic carbocycles. The highest BCUT2D eigenvalue weighted by atomic mass is 19.3. The summed E-state index contributed by atoms with van der Waals surface area (Å²) >= 11 is 0. The minimum atomic E-state index is -3.91. The number of anilines is 1. The molecule has 1 aliphatic heterocycles. The number of carbonyl (C=O) groups excluding carboxylic acids is 4. The van der Waals surface area contributed by atoms with E-state index in [2.05, 4.69) is 21.6 Å². The summed E-state index contributed by atoms with van der Waals surface area (Å²) in [5.74, 6) is -6.06. The minimum absolute atomic E-state index is 0.0219. The van der Waals surface area contributed by atoms with Crippen molar-refractivity contribution < 1.29 is 56.4 Å². The highest BCUT2D eigenvalue weighted by Crippen LogP contribution is 2.39. The maximum atomic E-state index is 15.5. The molecule has 2 heterocycles. The van der Waals surface area contributed by atoms with Crippen LogP contribution in [0.4, 0.5) is 24.2 Å². The van der Waals surface area contributed by atoms with Gasteiger partial charge in [-0.3, -0.25) is 9.88 Å². The molecule has 0 saturated carbocycles. The van der Waals surface area contributed by atoms with Gasteiger partial charge in [0.05, 0.1) is 6.54 Å². The van der Waals surface area contributed by atoms with Crippen LogP contribution in [0.5, 0.6) is 0 Å². The summed E-state index contributed by atoms with van der Waals surface area (Å²) in [6, 6.07) is 1.18. The number of nitrogens with zero attached hydrogens (tertiary/aromatic N) is 2. The first-order chi connectivity index (χ1) is 19.2. The molecule has 0 aromatic carbocycles. The lowest BCUT2D eigenvalue weighted by atomic mass is 10.1. The molecule has 1 aliphatic rings. The van der Waals surface area contributed by atoms with Crippen molar-refractivity contribution in [1.82, 2.24) is 9.55 Å². The van der Waals surface area contributed by atoms with Crippen LogP contribution in [0, 0.1) is 0 Å². The average Bonchev–Trinajstić information content (AvgIpc) is 3.04. The maximum absolute atomic E-state index is 15.5. The van der Waals surface area contributed by atoms with Crippen LogP contribution < -0.4 is 11.0 Å². The van der Waals surface area contributed by atoms with E-state index in [1.165, 1.54) is 33.8 Å². The highest BCUT2D eigenvalue weighted by molar-refractivity contribution is 5.88. The van der Waals surface area contributed by atoms with Crippen LogP contribution in [-0.4, -0.2) is 82.4 Å². The fraction of sp³-hybridized carbons (Fsp3) is 0.615. The lowest BCUT2D eigenvalue weighted by Crippen LogP contribution is -2.46. The number of alkyl halides is 2. The average molecular weight is 604 g/mol. The zero-order valence-corrected chi connectivity index (χ0v) is 24.4. The molecule has 1 aromatic heterocycles. The van der Waals surface area contributed by atoms with Gasteiger partial charge in [-0.05, 0) is 54.5 Å². The minimum Gasteiger partial charge on any atom is -0.460 e. The van der Waals surface area contributed by atoms with E-state index in [0.29, 0.717) is 0 Å². The van der Waals surface area contributed by atoms with Crippen molar-refractivity contribution in [2.45, 2.75) is 90.4 Å². The smallest absolute Gasteiger partial charge is 0.460 e. The Balaban J connectivity index is 2.19. The first-order valence-corrected chi connectivity index (χ1v) is 12.7. The van der Waals surface area contributed by atoms with Gasteiger partial charge in [-0.1, -0.05) is 6.58 Å². The second kappa shape index (κ2) is 13.3.